The molecule has 0 radical (unpaired) electrons. The molecular weight excluding hydrogens is 252 g/mol. The highest BCUT2D eigenvalue weighted by atomic mass is 79.9. The fourth-order valence-corrected chi connectivity index (χ4v) is 1.56. The minimum absolute atomic E-state index is 0.854. The van der Waals surface area contributed by atoms with Gasteiger partial charge < -0.3 is 4.74 Å². The summed E-state index contributed by atoms with van der Waals surface area (Å²) < 4.78 is 6.80. The Morgan fingerprint density at radius 3 is 2.27 bits per heavy atom. The average molecular weight is 263 g/mol. The van der Waals surface area contributed by atoms with Gasteiger partial charge in [0.1, 0.15) is 11.5 Å². The van der Waals surface area contributed by atoms with Crippen LogP contribution in [0.2, 0.25) is 0 Å². The van der Waals surface area contributed by atoms with Crippen molar-refractivity contribution in [2.24, 2.45) is 0 Å². The van der Waals surface area contributed by atoms with Crippen molar-refractivity contribution >= 4 is 15.9 Å². The molecule has 0 spiro atoms. The highest BCUT2D eigenvalue weighted by Gasteiger charge is 1.99. The van der Waals surface area contributed by atoms with Crippen LogP contribution in [-0.2, 0) is 0 Å². The van der Waals surface area contributed by atoms with Crippen LogP contribution < -0.4 is 4.74 Å². The van der Waals surface area contributed by atoms with Crippen molar-refractivity contribution in [3.8, 4) is 11.5 Å². The zero-order valence-corrected chi connectivity index (χ0v) is 9.99. The Balaban J connectivity index is 2.22. The summed E-state index contributed by atoms with van der Waals surface area (Å²) in [6, 6.07) is 15.8. The maximum Gasteiger partial charge on any atom is 0.130 e. The zero-order valence-electron chi connectivity index (χ0n) is 8.41. The lowest BCUT2D eigenvalue weighted by molar-refractivity contribution is 0.479. The molecule has 2 aromatic carbocycles. The number of hydrogen-bond donors (Lipinski definition) is 0. The molecule has 0 N–H and O–H groups in total. The van der Waals surface area contributed by atoms with E-state index in [2.05, 4.69) is 15.9 Å². The van der Waals surface area contributed by atoms with E-state index in [0.29, 0.717) is 0 Å². The van der Waals surface area contributed by atoms with Gasteiger partial charge in [0.05, 0.1) is 0 Å². The van der Waals surface area contributed by atoms with Gasteiger partial charge in [-0.05, 0) is 42.8 Å². The molecule has 0 amide bonds. The third-order valence-electron chi connectivity index (χ3n) is 2.14. The lowest BCUT2D eigenvalue weighted by Crippen LogP contribution is -1.86. The summed E-state index contributed by atoms with van der Waals surface area (Å²) in [5.74, 6) is 1.76. The molecule has 1 nitrogen and oxygen atoms in total. The number of rotatable bonds is 2. The van der Waals surface area contributed by atoms with E-state index in [-0.39, 0.29) is 0 Å². The van der Waals surface area contributed by atoms with Gasteiger partial charge in [-0.3, -0.25) is 0 Å². The molecule has 0 heterocycles. The molecule has 76 valence electrons. The number of aryl methyl sites for hydroxylation is 1. The fraction of sp³-hybridized carbons (Fsp3) is 0.0769. The van der Waals surface area contributed by atoms with E-state index in [0.717, 1.165) is 21.5 Å². The SMILES string of the molecule is Cc1ccccc1Oc1ccc(Br)cc1. The largest absolute Gasteiger partial charge is 0.457 e. The summed E-state index contributed by atoms with van der Waals surface area (Å²) in [6.07, 6.45) is 0. The van der Waals surface area contributed by atoms with E-state index in [1.54, 1.807) is 0 Å². The minimum Gasteiger partial charge on any atom is -0.457 e. The van der Waals surface area contributed by atoms with Crippen molar-refractivity contribution in [3.05, 3.63) is 58.6 Å². The Hall–Kier alpha value is -1.28. The Morgan fingerprint density at radius 1 is 0.933 bits per heavy atom. The van der Waals surface area contributed by atoms with Crippen molar-refractivity contribution in [3.63, 3.8) is 0 Å². The molecule has 0 unspecified atom stereocenters. The second-order valence-corrected chi connectivity index (χ2v) is 4.24. The molecule has 0 saturated heterocycles. The van der Waals surface area contributed by atoms with E-state index < -0.39 is 0 Å². The number of hydrogen-bond acceptors (Lipinski definition) is 1. The van der Waals surface area contributed by atoms with Crippen LogP contribution in [0.3, 0.4) is 0 Å². The molecular formula is C13H11BrO. The molecule has 0 bridgehead atoms. The second kappa shape index (κ2) is 4.49. The number of para-hydroxylation sites is 1. The van der Waals surface area contributed by atoms with Gasteiger partial charge in [0, 0.05) is 4.47 Å². The summed E-state index contributed by atoms with van der Waals surface area (Å²) in [5.41, 5.74) is 1.14. The van der Waals surface area contributed by atoms with Crippen LogP contribution in [-0.4, -0.2) is 0 Å². The van der Waals surface area contributed by atoms with Gasteiger partial charge in [-0.2, -0.15) is 0 Å². The molecule has 15 heavy (non-hydrogen) atoms. The second-order valence-electron chi connectivity index (χ2n) is 3.32. The van der Waals surface area contributed by atoms with Crippen LogP contribution in [0.15, 0.2) is 53.0 Å². The van der Waals surface area contributed by atoms with E-state index in [1.165, 1.54) is 0 Å². The number of halogens is 1. The molecule has 2 aromatic rings. The summed E-state index contributed by atoms with van der Waals surface area (Å²) in [6.45, 7) is 2.04. The quantitative estimate of drug-likeness (QED) is 0.772. The van der Waals surface area contributed by atoms with E-state index in [1.807, 2.05) is 55.5 Å². The molecule has 0 fully saturated rings. The lowest BCUT2D eigenvalue weighted by atomic mass is 10.2. The predicted octanol–water partition coefficient (Wildman–Crippen LogP) is 4.55. The lowest BCUT2D eigenvalue weighted by Gasteiger charge is -2.07. The molecule has 0 aliphatic heterocycles. The number of benzene rings is 2. The molecule has 0 aliphatic carbocycles. The topological polar surface area (TPSA) is 9.23 Å². The molecule has 0 atom stereocenters. The van der Waals surface area contributed by atoms with Crippen LogP contribution in [0.4, 0.5) is 0 Å². The Bertz CT molecular complexity index is 448. The van der Waals surface area contributed by atoms with Crippen LogP contribution in [0, 0.1) is 6.92 Å². The maximum atomic E-state index is 5.74. The van der Waals surface area contributed by atoms with Crippen LogP contribution in [0.1, 0.15) is 5.56 Å². The average Bonchev–Trinajstić information content (AvgIpc) is 2.25. The third kappa shape index (κ3) is 2.60. The van der Waals surface area contributed by atoms with E-state index in [4.69, 9.17) is 4.74 Å². The van der Waals surface area contributed by atoms with Crippen molar-refractivity contribution in [2.45, 2.75) is 6.92 Å². The first kappa shape index (κ1) is 10.2. The van der Waals surface area contributed by atoms with Gasteiger partial charge >= 0.3 is 0 Å². The van der Waals surface area contributed by atoms with Gasteiger partial charge in [-0.15, -0.1) is 0 Å². The summed E-state index contributed by atoms with van der Waals surface area (Å²) >= 11 is 3.39. The Labute approximate surface area is 97.8 Å². The van der Waals surface area contributed by atoms with Crippen molar-refractivity contribution in [1.82, 2.24) is 0 Å². The third-order valence-corrected chi connectivity index (χ3v) is 2.66. The highest BCUT2D eigenvalue weighted by Crippen LogP contribution is 2.25. The zero-order chi connectivity index (χ0) is 10.7. The van der Waals surface area contributed by atoms with Crippen molar-refractivity contribution in [1.29, 1.82) is 0 Å². The van der Waals surface area contributed by atoms with Crippen LogP contribution >= 0.6 is 15.9 Å². The van der Waals surface area contributed by atoms with Crippen molar-refractivity contribution < 1.29 is 4.74 Å². The van der Waals surface area contributed by atoms with Gasteiger partial charge in [-0.25, -0.2) is 0 Å². The smallest absolute Gasteiger partial charge is 0.130 e. The standard InChI is InChI=1S/C13H11BrO/c1-10-4-2-3-5-13(10)15-12-8-6-11(14)7-9-12/h2-9H,1H3. The molecule has 2 heteroatoms. The molecule has 2 rings (SSSR count). The Morgan fingerprint density at radius 2 is 1.60 bits per heavy atom. The summed E-state index contributed by atoms with van der Waals surface area (Å²) in [4.78, 5) is 0. The first-order valence-corrected chi connectivity index (χ1v) is 5.54. The van der Waals surface area contributed by atoms with Gasteiger partial charge in [0.2, 0.25) is 0 Å². The maximum absolute atomic E-state index is 5.74. The fourth-order valence-electron chi connectivity index (χ4n) is 1.30. The Kier molecular flexibility index (Phi) is 3.07. The van der Waals surface area contributed by atoms with Crippen LogP contribution in [0.25, 0.3) is 0 Å². The van der Waals surface area contributed by atoms with Gasteiger partial charge in [0.25, 0.3) is 0 Å². The van der Waals surface area contributed by atoms with Gasteiger partial charge in [-0.1, -0.05) is 34.1 Å². The molecule has 0 aliphatic rings. The summed E-state index contributed by atoms with van der Waals surface area (Å²) in [5, 5.41) is 0. The van der Waals surface area contributed by atoms with E-state index >= 15 is 0 Å². The monoisotopic (exact) mass is 262 g/mol. The highest BCUT2D eigenvalue weighted by molar-refractivity contribution is 9.10. The van der Waals surface area contributed by atoms with E-state index in [9.17, 15) is 0 Å². The first-order valence-electron chi connectivity index (χ1n) is 4.75. The molecule has 0 aromatic heterocycles. The van der Waals surface area contributed by atoms with Crippen LogP contribution in [0.5, 0.6) is 11.5 Å². The minimum atomic E-state index is 0.854. The van der Waals surface area contributed by atoms with Crippen molar-refractivity contribution in [2.75, 3.05) is 0 Å². The van der Waals surface area contributed by atoms with Gasteiger partial charge in [0.15, 0.2) is 0 Å². The number of ether oxygens (including phenoxy) is 1. The summed E-state index contributed by atoms with van der Waals surface area (Å²) in [7, 11) is 0. The first-order chi connectivity index (χ1) is 7.25. The normalized spacial score (nSPS) is 10.0. The predicted molar refractivity (Wildman–Crippen MR) is 65.4 cm³/mol. The molecule has 0 saturated carbocycles.